The monoisotopic (exact) mass is 436 g/mol. The first-order chi connectivity index (χ1) is 14.9. The molecule has 0 unspecified atom stereocenters. The van der Waals surface area contributed by atoms with Crippen LogP contribution in [0.15, 0.2) is 88.2 Å². The Morgan fingerprint density at radius 1 is 0.935 bits per heavy atom. The molecule has 3 aromatic carbocycles. The molecule has 1 amide bonds. The van der Waals surface area contributed by atoms with Crippen LogP contribution in [0, 0.1) is 0 Å². The van der Waals surface area contributed by atoms with E-state index >= 15 is 0 Å². The minimum atomic E-state index is -3.78. The number of nitrogens with one attached hydrogen (secondary N) is 2. The molecule has 0 aliphatic carbocycles. The van der Waals surface area contributed by atoms with E-state index in [0.29, 0.717) is 29.3 Å². The fraction of sp³-hybridized carbons (Fsp3) is 0.0870. The molecule has 31 heavy (non-hydrogen) atoms. The number of benzene rings is 3. The summed E-state index contributed by atoms with van der Waals surface area (Å²) in [6, 6.07) is 21.5. The van der Waals surface area contributed by atoms with Gasteiger partial charge in [0.15, 0.2) is 5.76 Å². The van der Waals surface area contributed by atoms with E-state index in [-0.39, 0.29) is 10.7 Å². The summed E-state index contributed by atoms with van der Waals surface area (Å²) in [5.41, 5.74) is 1.49. The Kier molecular flexibility index (Phi) is 5.64. The fourth-order valence-corrected chi connectivity index (χ4v) is 4.06. The highest BCUT2D eigenvalue weighted by molar-refractivity contribution is 7.92. The van der Waals surface area contributed by atoms with Crippen molar-refractivity contribution in [1.29, 1.82) is 0 Å². The Hall–Kier alpha value is -3.78. The van der Waals surface area contributed by atoms with E-state index in [1.165, 1.54) is 24.3 Å². The van der Waals surface area contributed by atoms with E-state index in [1.807, 2.05) is 25.1 Å². The molecule has 0 atom stereocenters. The summed E-state index contributed by atoms with van der Waals surface area (Å²) in [6.45, 7) is 2.41. The van der Waals surface area contributed by atoms with Gasteiger partial charge in [-0.1, -0.05) is 18.2 Å². The summed E-state index contributed by atoms with van der Waals surface area (Å²) in [5.74, 6) is 0.421. The third kappa shape index (κ3) is 4.70. The number of para-hydroxylation sites is 1. The molecule has 1 aromatic heterocycles. The van der Waals surface area contributed by atoms with E-state index < -0.39 is 15.9 Å². The Labute approximate surface area is 179 Å². The van der Waals surface area contributed by atoms with Crippen LogP contribution in [0.3, 0.4) is 0 Å². The first kappa shape index (κ1) is 20.5. The maximum atomic E-state index is 12.6. The van der Waals surface area contributed by atoms with Crippen LogP contribution >= 0.6 is 0 Å². The third-order valence-electron chi connectivity index (χ3n) is 4.49. The Morgan fingerprint density at radius 3 is 2.29 bits per heavy atom. The molecule has 0 saturated heterocycles. The van der Waals surface area contributed by atoms with E-state index in [4.69, 9.17) is 9.15 Å². The number of ether oxygens (including phenoxy) is 1. The van der Waals surface area contributed by atoms with Crippen molar-refractivity contribution in [1.82, 2.24) is 0 Å². The maximum Gasteiger partial charge on any atom is 0.291 e. The van der Waals surface area contributed by atoms with Crippen LogP contribution in [0.1, 0.15) is 17.5 Å². The van der Waals surface area contributed by atoms with Crippen molar-refractivity contribution in [2.45, 2.75) is 11.8 Å². The number of rotatable bonds is 7. The van der Waals surface area contributed by atoms with Gasteiger partial charge in [-0.3, -0.25) is 9.52 Å². The average Bonchev–Trinajstić information content (AvgIpc) is 3.20. The van der Waals surface area contributed by atoms with Crippen molar-refractivity contribution < 1.29 is 22.4 Å². The molecule has 0 aliphatic heterocycles. The fourth-order valence-electron chi connectivity index (χ4n) is 3.00. The van der Waals surface area contributed by atoms with Gasteiger partial charge >= 0.3 is 0 Å². The molecular weight excluding hydrogens is 416 g/mol. The summed E-state index contributed by atoms with van der Waals surface area (Å²) >= 11 is 0. The number of furan rings is 1. The molecule has 0 radical (unpaired) electrons. The number of anilines is 2. The van der Waals surface area contributed by atoms with E-state index in [1.54, 1.807) is 36.4 Å². The standard InChI is InChI=1S/C23H20N2O5S/c1-2-29-19-11-7-18(8-12-19)25-31(27,28)20-13-9-17(10-14-20)24-23(26)22-15-16-5-3-4-6-21(16)30-22/h3-15,25H,2H2,1H3,(H,24,26). The molecule has 2 N–H and O–H groups in total. The summed E-state index contributed by atoms with van der Waals surface area (Å²) in [6.07, 6.45) is 0. The van der Waals surface area contributed by atoms with Crippen molar-refractivity contribution in [2.24, 2.45) is 0 Å². The van der Waals surface area contributed by atoms with E-state index in [9.17, 15) is 13.2 Å². The minimum Gasteiger partial charge on any atom is -0.494 e. The van der Waals surface area contributed by atoms with Crippen LogP contribution in [-0.4, -0.2) is 20.9 Å². The predicted octanol–water partition coefficient (Wildman–Crippen LogP) is 4.88. The SMILES string of the molecule is CCOc1ccc(NS(=O)(=O)c2ccc(NC(=O)c3cc4ccccc4o3)cc2)cc1. The largest absolute Gasteiger partial charge is 0.494 e. The molecule has 8 heteroatoms. The van der Waals surface area contributed by atoms with Crippen molar-refractivity contribution >= 4 is 38.3 Å². The number of hydrogen-bond donors (Lipinski definition) is 2. The van der Waals surface area contributed by atoms with Gasteiger partial charge in [0.05, 0.1) is 11.5 Å². The highest BCUT2D eigenvalue weighted by Crippen LogP contribution is 2.22. The van der Waals surface area contributed by atoms with Crippen LogP contribution in [0.2, 0.25) is 0 Å². The summed E-state index contributed by atoms with van der Waals surface area (Å²) in [7, 11) is -3.78. The van der Waals surface area contributed by atoms with Gasteiger partial charge in [-0.15, -0.1) is 0 Å². The Balaban J connectivity index is 1.44. The normalized spacial score (nSPS) is 11.3. The van der Waals surface area contributed by atoms with Gasteiger partial charge in [-0.25, -0.2) is 8.42 Å². The highest BCUT2D eigenvalue weighted by atomic mass is 32.2. The van der Waals surface area contributed by atoms with Gasteiger partial charge < -0.3 is 14.5 Å². The molecule has 1 heterocycles. The lowest BCUT2D eigenvalue weighted by Gasteiger charge is -2.10. The molecule has 0 fully saturated rings. The van der Waals surface area contributed by atoms with Crippen molar-refractivity contribution in [3.63, 3.8) is 0 Å². The lowest BCUT2D eigenvalue weighted by Crippen LogP contribution is -2.14. The Morgan fingerprint density at radius 2 is 1.61 bits per heavy atom. The molecule has 0 saturated carbocycles. The van der Waals surface area contributed by atoms with Crippen LogP contribution < -0.4 is 14.8 Å². The topological polar surface area (TPSA) is 97.6 Å². The second kappa shape index (κ2) is 8.53. The summed E-state index contributed by atoms with van der Waals surface area (Å²) < 4.78 is 38.7. The number of carbonyl (C=O) groups is 1. The van der Waals surface area contributed by atoms with E-state index in [0.717, 1.165) is 5.39 Å². The van der Waals surface area contributed by atoms with Crippen LogP contribution in [0.5, 0.6) is 5.75 Å². The zero-order chi connectivity index (χ0) is 21.8. The number of sulfonamides is 1. The molecule has 7 nitrogen and oxygen atoms in total. The minimum absolute atomic E-state index is 0.0723. The third-order valence-corrected chi connectivity index (χ3v) is 5.89. The molecule has 0 bridgehead atoms. The highest BCUT2D eigenvalue weighted by Gasteiger charge is 2.16. The van der Waals surface area contributed by atoms with Crippen LogP contribution in [-0.2, 0) is 10.0 Å². The molecule has 4 aromatic rings. The van der Waals surface area contributed by atoms with Crippen LogP contribution in [0.25, 0.3) is 11.0 Å². The molecular formula is C23H20N2O5S. The van der Waals surface area contributed by atoms with Gasteiger partial charge in [-0.05, 0) is 67.6 Å². The molecule has 4 rings (SSSR count). The van der Waals surface area contributed by atoms with Gasteiger partial charge in [0.1, 0.15) is 11.3 Å². The van der Waals surface area contributed by atoms with E-state index in [2.05, 4.69) is 10.0 Å². The van der Waals surface area contributed by atoms with Gasteiger partial charge in [0.25, 0.3) is 15.9 Å². The lowest BCUT2D eigenvalue weighted by atomic mass is 10.2. The van der Waals surface area contributed by atoms with Crippen LogP contribution in [0.4, 0.5) is 11.4 Å². The summed E-state index contributed by atoms with van der Waals surface area (Å²) in [5, 5.41) is 3.53. The summed E-state index contributed by atoms with van der Waals surface area (Å²) in [4.78, 5) is 12.5. The average molecular weight is 436 g/mol. The lowest BCUT2D eigenvalue weighted by molar-refractivity contribution is 0.0998. The smallest absolute Gasteiger partial charge is 0.291 e. The molecule has 158 valence electrons. The van der Waals surface area contributed by atoms with Gasteiger partial charge in [0, 0.05) is 16.8 Å². The van der Waals surface area contributed by atoms with Gasteiger partial charge in [-0.2, -0.15) is 0 Å². The number of carbonyl (C=O) groups excluding carboxylic acids is 1. The predicted molar refractivity (Wildman–Crippen MR) is 119 cm³/mol. The zero-order valence-corrected chi connectivity index (χ0v) is 17.5. The van der Waals surface area contributed by atoms with Crippen molar-refractivity contribution in [3.8, 4) is 5.75 Å². The van der Waals surface area contributed by atoms with Gasteiger partial charge in [0.2, 0.25) is 0 Å². The van der Waals surface area contributed by atoms with Crippen molar-refractivity contribution in [3.05, 3.63) is 84.6 Å². The number of fused-ring (bicyclic) bond motifs is 1. The molecule has 0 aliphatic rings. The number of hydrogen-bond acceptors (Lipinski definition) is 5. The Bertz CT molecular complexity index is 1280. The maximum absolute atomic E-state index is 12.6. The second-order valence-corrected chi connectivity index (χ2v) is 8.37. The first-order valence-corrected chi connectivity index (χ1v) is 11.1. The molecule has 0 spiro atoms. The quantitative estimate of drug-likeness (QED) is 0.430. The first-order valence-electron chi connectivity index (χ1n) is 9.60. The number of amides is 1. The second-order valence-electron chi connectivity index (χ2n) is 6.69. The zero-order valence-electron chi connectivity index (χ0n) is 16.7. The van der Waals surface area contributed by atoms with Crippen molar-refractivity contribution in [2.75, 3.05) is 16.6 Å².